The Bertz CT molecular complexity index is 215. The summed E-state index contributed by atoms with van der Waals surface area (Å²) in [4.78, 5) is 11.7. The van der Waals surface area contributed by atoms with Crippen molar-refractivity contribution in [2.24, 2.45) is 11.7 Å². The summed E-state index contributed by atoms with van der Waals surface area (Å²) in [6.07, 6.45) is 2.94. The van der Waals surface area contributed by atoms with E-state index in [2.05, 4.69) is 17.5 Å². The molecule has 0 aromatic heterocycles. The van der Waals surface area contributed by atoms with Crippen LogP contribution in [0.1, 0.15) is 19.3 Å². The molecule has 1 rings (SSSR count). The first-order chi connectivity index (χ1) is 6.68. The lowest BCUT2D eigenvalue weighted by atomic mass is 9.98. The summed E-state index contributed by atoms with van der Waals surface area (Å²) in [5, 5.41) is 2.72. The Labute approximate surface area is 94.2 Å². The third-order valence-electron chi connectivity index (χ3n) is 2.27. The number of thioether (sulfide) groups is 1. The first kappa shape index (κ1) is 11.8. The van der Waals surface area contributed by atoms with Gasteiger partial charge in [0, 0.05) is 6.42 Å². The number of carbonyl (C=O) groups excluding carboxylic acids is 1. The molecule has 0 saturated carbocycles. The third kappa shape index (κ3) is 4.81. The van der Waals surface area contributed by atoms with Crippen LogP contribution in [0.4, 0.5) is 0 Å². The van der Waals surface area contributed by atoms with Gasteiger partial charge in [0.1, 0.15) is 0 Å². The summed E-state index contributed by atoms with van der Waals surface area (Å²) in [7, 11) is 0. The van der Waals surface area contributed by atoms with Crippen molar-refractivity contribution in [3.05, 3.63) is 0 Å². The van der Waals surface area contributed by atoms with Crippen molar-refractivity contribution in [2.75, 3.05) is 18.1 Å². The first-order valence-electron chi connectivity index (χ1n) is 4.81. The highest BCUT2D eigenvalue weighted by Crippen LogP contribution is 2.24. The van der Waals surface area contributed by atoms with Crippen LogP contribution < -0.4 is 11.1 Å². The maximum atomic E-state index is 11.4. The van der Waals surface area contributed by atoms with Crippen molar-refractivity contribution in [3.63, 3.8) is 0 Å². The van der Waals surface area contributed by atoms with E-state index in [1.54, 1.807) is 0 Å². The normalized spacial score (nSPS) is 17.7. The van der Waals surface area contributed by atoms with Crippen molar-refractivity contribution in [1.29, 1.82) is 0 Å². The number of nitrogens with two attached hydrogens (primary N) is 1. The first-order valence-corrected chi connectivity index (χ1v) is 6.37. The predicted molar refractivity (Wildman–Crippen MR) is 64.5 cm³/mol. The van der Waals surface area contributed by atoms with Gasteiger partial charge in [-0.15, -0.1) is 0 Å². The van der Waals surface area contributed by atoms with Crippen molar-refractivity contribution >= 4 is 34.9 Å². The van der Waals surface area contributed by atoms with Gasteiger partial charge < -0.3 is 11.1 Å². The van der Waals surface area contributed by atoms with Crippen LogP contribution in [0.2, 0.25) is 0 Å². The Morgan fingerprint density at radius 3 is 2.71 bits per heavy atom. The standard InChI is InChI=1S/C9H16N2OS2/c10-8(13)6-11-9(12)5-7-1-3-14-4-2-7/h7H,1-6H2,(H2,10,13)(H,11,12). The van der Waals surface area contributed by atoms with Crippen molar-refractivity contribution < 1.29 is 4.79 Å². The maximum absolute atomic E-state index is 11.4. The lowest BCUT2D eigenvalue weighted by Gasteiger charge is -2.20. The maximum Gasteiger partial charge on any atom is 0.220 e. The highest BCUT2D eigenvalue weighted by atomic mass is 32.2. The number of rotatable bonds is 4. The van der Waals surface area contributed by atoms with Crippen LogP contribution in [-0.4, -0.2) is 28.9 Å². The number of hydrogen-bond donors (Lipinski definition) is 2. The van der Waals surface area contributed by atoms with Crippen LogP contribution >= 0.6 is 24.0 Å². The lowest BCUT2D eigenvalue weighted by Crippen LogP contribution is -2.33. The zero-order valence-electron chi connectivity index (χ0n) is 8.12. The van der Waals surface area contributed by atoms with Gasteiger partial charge in [-0.25, -0.2) is 0 Å². The van der Waals surface area contributed by atoms with Gasteiger partial charge in [0.25, 0.3) is 0 Å². The van der Waals surface area contributed by atoms with Gasteiger partial charge in [-0.05, 0) is 30.3 Å². The molecule has 0 spiro atoms. The zero-order valence-corrected chi connectivity index (χ0v) is 9.76. The molecule has 1 aliphatic rings. The number of thiocarbonyl (C=S) groups is 1. The fourth-order valence-electron chi connectivity index (χ4n) is 1.47. The number of carbonyl (C=O) groups is 1. The molecule has 1 heterocycles. The highest BCUT2D eigenvalue weighted by molar-refractivity contribution is 7.99. The molecule has 5 heteroatoms. The van der Waals surface area contributed by atoms with E-state index in [0.29, 0.717) is 23.9 Å². The second kappa shape index (κ2) is 6.24. The lowest BCUT2D eigenvalue weighted by molar-refractivity contribution is -0.121. The van der Waals surface area contributed by atoms with E-state index in [1.165, 1.54) is 11.5 Å². The third-order valence-corrected chi connectivity index (χ3v) is 3.47. The molecule has 3 nitrogen and oxygen atoms in total. The Hall–Kier alpha value is -0.290. The van der Waals surface area contributed by atoms with Gasteiger partial charge >= 0.3 is 0 Å². The smallest absolute Gasteiger partial charge is 0.220 e. The molecule has 0 radical (unpaired) electrons. The molecule has 1 saturated heterocycles. The Morgan fingerprint density at radius 2 is 2.14 bits per heavy atom. The van der Waals surface area contributed by atoms with Crippen LogP contribution in [-0.2, 0) is 4.79 Å². The van der Waals surface area contributed by atoms with E-state index in [-0.39, 0.29) is 5.91 Å². The molecule has 0 aromatic carbocycles. The van der Waals surface area contributed by atoms with Crippen LogP contribution in [0.25, 0.3) is 0 Å². The molecule has 3 N–H and O–H groups in total. The topological polar surface area (TPSA) is 55.1 Å². The van der Waals surface area contributed by atoms with Gasteiger partial charge in [0.05, 0.1) is 11.5 Å². The summed E-state index contributed by atoms with van der Waals surface area (Å²) < 4.78 is 0. The zero-order chi connectivity index (χ0) is 10.4. The SMILES string of the molecule is NC(=S)CNC(=O)CC1CCSCC1. The summed E-state index contributed by atoms with van der Waals surface area (Å²) >= 11 is 6.65. The van der Waals surface area contributed by atoms with Gasteiger partial charge in [-0.2, -0.15) is 11.8 Å². The predicted octanol–water partition coefficient (Wildman–Crippen LogP) is 0.922. The van der Waals surface area contributed by atoms with Crippen LogP contribution in [0.5, 0.6) is 0 Å². The molecule has 0 bridgehead atoms. The molecule has 0 aliphatic carbocycles. The number of hydrogen-bond acceptors (Lipinski definition) is 3. The van der Waals surface area contributed by atoms with E-state index in [9.17, 15) is 4.79 Å². The molecule has 1 aliphatic heterocycles. The van der Waals surface area contributed by atoms with E-state index in [1.807, 2.05) is 11.8 Å². The summed E-state index contributed by atoms with van der Waals surface area (Å²) in [5.41, 5.74) is 5.29. The Balaban J connectivity index is 2.15. The van der Waals surface area contributed by atoms with E-state index >= 15 is 0 Å². The monoisotopic (exact) mass is 232 g/mol. The summed E-state index contributed by atoms with van der Waals surface area (Å²) in [5.74, 6) is 3.01. The average molecular weight is 232 g/mol. The largest absolute Gasteiger partial charge is 0.392 e. The molecule has 0 aromatic rings. The van der Waals surface area contributed by atoms with Gasteiger partial charge in [0.15, 0.2) is 0 Å². The average Bonchev–Trinajstić information content (AvgIpc) is 2.16. The van der Waals surface area contributed by atoms with Crippen LogP contribution in [0, 0.1) is 5.92 Å². The minimum absolute atomic E-state index is 0.0784. The molecule has 0 unspecified atom stereocenters. The van der Waals surface area contributed by atoms with E-state index < -0.39 is 0 Å². The van der Waals surface area contributed by atoms with Crippen molar-refractivity contribution in [3.8, 4) is 0 Å². The molecular formula is C9H16N2OS2. The molecule has 1 fully saturated rings. The summed E-state index contributed by atoms with van der Waals surface area (Å²) in [6.45, 7) is 0.329. The fourth-order valence-corrected chi connectivity index (χ4v) is 2.75. The second-order valence-electron chi connectivity index (χ2n) is 3.50. The second-order valence-corrected chi connectivity index (χ2v) is 5.25. The van der Waals surface area contributed by atoms with Crippen molar-refractivity contribution in [1.82, 2.24) is 5.32 Å². The van der Waals surface area contributed by atoms with Crippen LogP contribution in [0.3, 0.4) is 0 Å². The van der Waals surface area contributed by atoms with Crippen molar-refractivity contribution in [2.45, 2.75) is 19.3 Å². The Morgan fingerprint density at radius 1 is 1.50 bits per heavy atom. The Kier molecular flexibility index (Phi) is 5.25. The highest BCUT2D eigenvalue weighted by Gasteiger charge is 2.16. The molecular weight excluding hydrogens is 216 g/mol. The van der Waals surface area contributed by atoms with Gasteiger partial charge in [0.2, 0.25) is 5.91 Å². The fraction of sp³-hybridized carbons (Fsp3) is 0.778. The summed E-state index contributed by atoms with van der Waals surface area (Å²) in [6, 6.07) is 0. The molecule has 14 heavy (non-hydrogen) atoms. The van der Waals surface area contributed by atoms with Crippen LogP contribution in [0.15, 0.2) is 0 Å². The van der Waals surface area contributed by atoms with E-state index in [4.69, 9.17) is 5.73 Å². The minimum atomic E-state index is 0.0784. The molecule has 1 amide bonds. The molecule has 0 atom stereocenters. The van der Waals surface area contributed by atoms with E-state index in [0.717, 1.165) is 12.8 Å². The minimum Gasteiger partial charge on any atom is -0.392 e. The number of nitrogens with one attached hydrogen (secondary N) is 1. The van der Waals surface area contributed by atoms with Gasteiger partial charge in [-0.3, -0.25) is 4.79 Å². The molecule has 80 valence electrons. The van der Waals surface area contributed by atoms with Gasteiger partial charge in [-0.1, -0.05) is 12.2 Å². The quantitative estimate of drug-likeness (QED) is 0.708. The number of amides is 1.